The van der Waals surface area contributed by atoms with E-state index in [1.54, 1.807) is 62.2 Å². The van der Waals surface area contributed by atoms with Crippen LogP contribution >= 0.6 is 0 Å². The van der Waals surface area contributed by atoms with Crippen molar-refractivity contribution in [1.82, 2.24) is 4.90 Å². The Bertz CT molecular complexity index is 1080. The Hall–Kier alpha value is -2.58. The number of fused-ring (bicyclic) bond motifs is 1. The molecule has 0 unspecified atom stereocenters. The largest absolute Gasteiger partial charge is 0.485 e. The molecule has 2 aliphatic rings. The number of carbonyl (C=O) groups is 1. The molecular weight excluding hydrogens is 404 g/mol. The van der Waals surface area contributed by atoms with E-state index in [4.69, 9.17) is 4.74 Å². The minimum atomic E-state index is -3.83. The van der Waals surface area contributed by atoms with Crippen molar-refractivity contribution in [2.45, 2.75) is 54.2 Å². The molecule has 7 nitrogen and oxygen atoms in total. The molecule has 160 valence electrons. The minimum Gasteiger partial charge on any atom is -0.485 e. The van der Waals surface area contributed by atoms with Gasteiger partial charge >= 0.3 is 0 Å². The van der Waals surface area contributed by atoms with Crippen LogP contribution in [0.5, 0.6) is 5.75 Å². The zero-order valence-electron chi connectivity index (χ0n) is 17.3. The van der Waals surface area contributed by atoms with Gasteiger partial charge in [-0.3, -0.25) is 4.79 Å². The molecular formula is C22H26N2O5S. The van der Waals surface area contributed by atoms with E-state index in [-0.39, 0.29) is 15.7 Å². The lowest BCUT2D eigenvalue weighted by Gasteiger charge is -2.45. The lowest BCUT2D eigenvalue weighted by molar-refractivity contribution is -0.139. The highest BCUT2D eigenvalue weighted by Gasteiger charge is 2.48. The first-order valence-electron chi connectivity index (χ1n) is 9.99. The second-order valence-corrected chi connectivity index (χ2v) is 10.2. The third kappa shape index (κ3) is 3.24. The predicted molar refractivity (Wildman–Crippen MR) is 112 cm³/mol. The van der Waals surface area contributed by atoms with E-state index in [1.165, 1.54) is 6.07 Å². The van der Waals surface area contributed by atoms with E-state index in [2.05, 4.69) is 5.32 Å². The van der Waals surface area contributed by atoms with Gasteiger partial charge in [-0.05, 0) is 38.5 Å². The number of aliphatic hydroxyl groups is 1. The number of likely N-dealkylation sites (tertiary alicyclic amines) is 1. The second-order valence-electron chi connectivity index (χ2n) is 8.24. The van der Waals surface area contributed by atoms with Gasteiger partial charge in [-0.15, -0.1) is 0 Å². The number of benzene rings is 2. The number of hydrogen-bond donors (Lipinski definition) is 2. The summed E-state index contributed by atoms with van der Waals surface area (Å²) < 4.78 is 32.8. The van der Waals surface area contributed by atoms with Gasteiger partial charge in [-0.2, -0.15) is 0 Å². The number of anilines is 1. The van der Waals surface area contributed by atoms with Crippen molar-refractivity contribution in [2.75, 3.05) is 18.9 Å². The van der Waals surface area contributed by atoms with Crippen LogP contribution in [0.3, 0.4) is 0 Å². The molecule has 2 aromatic carbocycles. The maximum atomic E-state index is 13.4. The van der Waals surface area contributed by atoms with E-state index >= 15 is 0 Å². The van der Waals surface area contributed by atoms with Crippen molar-refractivity contribution in [1.29, 1.82) is 0 Å². The summed E-state index contributed by atoms with van der Waals surface area (Å²) in [6.45, 7) is 4.05. The van der Waals surface area contributed by atoms with Crippen LogP contribution in [0.2, 0.25) is 0 Å². The summed E-state index contributed by atoms with van der Waals surface area (Å²) in [7, 11) is -2.18. The third-order valence-corrected chi connectivity index (χ3v) is 7.68. The lowest BCUT2D eigenvalue weighted by Crippen LogP contribution is -2.53. The van der Waals surface area contributed by atoms with Crippen LogP contribution in [0.15, 0.2) is 52.3 Å². The van der Waals surface area contributed by atoms with Crippen molar-refractivity contribution in [3.05, 3.63) is 48.0 Å². The highest BCUT2D eigenvalue weighted by atomic mass is 32.2. The Labute approximate surface area is 176 Å². The first kappa shape index (κ1) is 20.7. The molecule has 0 aliphatic carbocycles. The van der Waals surface area contributed by atoms with E-state index in [1.807, 2.05) is 0 Å². The van der Waals surface area contributed by atoms with E-state index < -0.39 is 27.6 Å². The maximum Gasteiger partial charge on any atom is 0.223 e. The van der Waals surface area contributed by atoms with Gasteiger partial charge < -0.3 is 20.1 Å². The van der Waals surface area contributed by atoms with Crippen LogP contribution in [0, 0.1) is 0 Å². The molecule has 0 bridgehead atoms. The average Bonchev–Trinajstić information content (AvgIpc) is 3.14. The predicted octanol–water partition coefficient (Wildman–Crippen LogP) is 2.76. The second kappa shape index (κ2) is 7.28. The number of ether oxygens (including phenoxy) is 1. The average molecular weight is 431 g/mol. The molecule has 4 rings (SSSR count). The highest BCUT2D eigenvalue weighted by Crippen LogP contribution is 2.47. The molecule has 1 fully saturated rings. The number of amides is 1. The molecule has 1 saturated heterocycles. The van der Waals surface area contributed by atoms with Gasteiger partial charge in [0.25, 0.3) is 0 Å². The van der Waals surface area contributed by atoms with Crippen LogP contribution in [0.25, 0.3) is 0 Å². The number of rotatable bonds is 4. The fourth-order valence-electron chi connectivity index (χ4n) is 4.24. The van der Waals surface area contributed by atoms with E-state index in [0.717, 1.165) is 0 Å². The summed E-state index contributed by atoms with van der Waals surface area (Å²) >= 11 is 0. The summed E-state index contributed by atoms with van der Waals surface area (Å²) in [5, 5.41) is 14.0. The molecule has 0 spiro atoms. The lowest BCUT2D eigenvalue weighted by atomic mass is 9.85. The summed E-state index contributed by atoms with van der Waals surface area (Å²) in [6.07, 6.45) is 0.131. The number of aliphatic hydroxyl groups excluding tert-OH is 1. The van der Waals surface area contributed by atoms with Gasteiger partial charge in [0, 0.05) is 31.6 Å². The number of carbonyl (C=O) groups excluding carboxylic acids is 1. The topological polar surface area (TPSA) is 95.9 Å². The van der Waals surface area contributed by atoms with Crippen molar-refractivity contribution in [3.8, 4) is 5.75 Å². The van der Waals surface area contributed by atoms with Gasteiger partial charge in [-0.1, -0.05) is 18.2 Å². The Morgan fingerprint density at radius 2 is 1.90 bits per heavy atom. The normalized spacial score (nSPS) is 23.1. The van der Waals surface area contributed by atoms with Gasteiger partial charge in [0.15, 0.2) is 0 Å². The summed E-state index contributed by atoms with van der Waals surface area (Å²) in [5.74, 6) is 0.416. The molecule has 2 heterocycles. The fraction of sp³-hybridized carbons (Fsp3) is 0.409. The SMILES string of the molecule is CNc1cc2c(cc1S(=O)(=O)c1ccccc1)[C@@H](N1CCCC1=O)[C@H](O)C(C)(C)O2. The van der Waals surface area contributed by atoms with Crippen LogP contribution in [-0.4, -0.2) is 49.6 Å². The first-order chi connectivity index (χ1) is 14.2. The molecule has 2 aliphatic heterocycles. The number of sulfone groups is 1. The molecule has 8 heteroatoms. The Morgan fingerprint density at radius 1 is 1.20 bits per heavy atom. The molecule has 0 saturated carbocycles. The molecule has 2 atom stereocenters. The number of nitrogens with one attached hydrogen (secondary N) is 1. The Balaban J connectivity index is 1.93. The maximum absolute atomic E-state index is 13.4. The minimum absolute atomic E-state index is 0.0483. The van der Waals surface area contributed by atoms with Crippen molar-refractivity contribution >= 4 is 21.4 Å². The highest BCUT2D eigenvalue weighted by molar-refractivity contribution is 7.91. The number of nitrogens with zero attached hydrogens (tertiary/aromatic N) is 1. The zero-order chi connectivity index (χ0) is 21.7. The Kier molecular flexibility index (Phi) is 5.02. The van der Waals surface area contributed by atoms with Crippen LogP contribution in [0.1, 0.15) is 38.3 Å². The van der Waals surface area contributed by atoms with Crippen molar-refractivity contribution < 1.29 is 23.1 Å². The summed E-state index contributed by atoms with van der Waals surface area (Å²) in [4.78, 5) is 14.4. The molecule has 30 heavy (non-hydrogen) atoms. The fourth-order valence-corrected chi connectivity index (χ4v) is 5.74. The molecule has 2 N–H and O–H groups in total. The smallest absolute Gasteiger partial charge is 0.223 e. The quantitative estimate of drug-likeness (QED) is 0.774. The monoisotopic (exact) mass is 430 g/mol. The van der Waals surface area contributed by atoms with E-state index in [9.17, 15) is 18.3 Å². The summed E-state index contributed by atoms with van der Waals surface area (Å²) in [5.41, 5.74) is -0.0346. The van der Waals surface area contributed by atoms with Crippen molar-refractivity contribution in [2.24, 2.45) is 0 Å². The van der Waals surface area contributed by atoms with Gasteiger partial charge in [0.05, 0.1) is 21.5 Å². The molecule has 0 aromatic heterocycles. The third-order valence-electron chi connectivity index (χ3n) is 5.87. The van der Waals surface area contributed by atoms with Gasteiger partial charge in [-0.25, -0.2) is 8.42 Å². The Morgan fingerprint density at radius 3 is 2.50 bits per heavy atom. The zero-order valence-corrected chi connectivity index (χ0v) is 18.1. The molecule has 0 radical (unpaired) electrons. The molecule has 1 amide bonds. The first-order valence-corrected chi connectivity index (χ1v) is 11.5. The van der Waals surface area contributed by atoms with Gasteiger partial charge in [0.1, 0.15) is 17.5 Å². The van der Waals surface area contributed by atoms with Crippen LogP contribution in [-0.2, 0) is 14.6 Å². The van der Waals surface area contributed by atoms with E-state index in [0.29, 0.717) is 36.4 Å². The van der Waals surface area contributed by atoms with Gasteiger partial charge in [0.2, 0.25) is 15.7 Å². The number of hydrogen-bond acceptors (Lipinski definition) is 6. The summed E-state index contributed by atoms with van der Waals surface area (Å²) in [6, 6.07) is 10.7. The van der Waals surface area contributed by atoms with Crippen LogP contribution in [0.4, 0.5) is 5.69 Å². The van der Waals surface area contributed by atoms with Crippen molar-refractivity contribution in [3.63, 3.8) is 0 Å². The standard InChI is InChI=1S/C22H26N2O5S/c1-22(2)21(26)20(24-11-7-10-19(24)25)15-12-18(16(23-3)13-17(15)29-22)30(27,28)14-8-5-4-6-9-14/h4-6,8-9,12-13,20-21,23,26H,7,10-11H2,1-3H3/t20-,21+/m1/s1. The molecule has 2 aromatic rings. The van der Waals surface area contributed by atoms with Crippen LogP contribution < -0.4 is 10.1 Å².